The Kier molecular flexibility index (Phi) is 7.74. The van der Waals surface area contributed by atoms with E-state index in [0.717, 1.165) is 17.0 Å². The maximum Gasteiger partial charge on any atom is 0.416 e. The van der Waals surface area contributed by atoms with Crippen molar-refractivity contribution >= 4 is 51.4 Å². The Morgan fingerprint density at radius 3 is 2.78 bits per heavy atom. The number of amidine groups is 1. The van der Waals surface area contributed by atoms with Crippen molar-refractivity contribution in [1.29, 1.82) is 0 Å². The Labute approximate surface area is 214 Å². The molecule has 2 heterocycles. The van der Waals surface area contributed by atoms with Gasteiger partial charge in [-0.2, -0.15) is 23.3 Å². The smallest absolute Gasteiger partial charge is 0.390 e. The van der Waals surface area contributed by atoms with Gasteiger partial charge >= 0.3 is 6.18 Å². The molecule has 0 radical (unpaired) electrons. The molecule has 190 valence electrons. The summed E-state index contributed by atoms with van der Waals surface area (Å²) in [6, 6.07) is 9.03. The number of aliphatic imine (C=N–C) groups is 1. The minimum atomic E-state index is -4.53. The van der Waals surface area contributed by atoms with Crippen LogP contribution in [0.5, 0.6) is 0 Å². The number of alkyl halides is 3. The summed E-state index contributed by atoms with van der Waals surface area (Å²) in [4.78, 5) is 18.7. The molecule has 0 saturated carbocycles. The van der Waals surface area contributed by atoms with Crippen LogP contribution in [0.25, 0.3) is 17.0 Å². The number of aromatic nitrogens is 2. The quantitative estimate of drug-likeness (QED) is 0.439. The van der Waals surface area contributed by atoms with E-state index in [0.29, 0.717) is 28.7 Å². The molecule has 12 heteroatoms. The molecule has 4 rings (SSSR count). The number of hydrogen-bond donors (Lipinski definition) is 2. The van der Waals surface area contributed by atoms with Gasteiger partial charge in [0.15, 0.2) is 5.17 Å². The number of halogens is 4. The number of carbonyl (C=O) groups excluding carboxylic acids is 1. The zero-order valence-electron chi connectivity index (χ0n) is 19.4. The van der Waals surface area contributed by atoms with Crippen LogP contribution in [0, 0.1) is 0 Å². The summed E-state index contributed by atoms with van der Waals surface area (Å²) in [7, 11) is 3.50. The van der Waals surface area contributed by atoms with Crippen LogP contribution in [0.2, 0.25) is 5.02 Å². The number of nitrogens with one attached hydrogen (secondary N) is 1. The van der Waals surface area contributed by atoms with Crippen molar-refractivity contribution in [2.75, 3.05) is 27.2 Å². The standard InChI is InChI=1S/C24H23ClF3N5O2S/c1-29-11-18(34)13-32(2)23-31-22(35)21(36-23)8-14-3-6-20-16(7-14)10-30-33(20)12-15-4-5-17(25)9-19(15)24(26,27)28/h3-10,18,29,34H,11-13H2,1-2H3/b21-8-. The van der Waals surface area contributed by atoms with Gasteiger partial charge in [-0.1, -0.05) is 23.7 Å². The van der Waals surface area contributed by atoms with Crippen LogP contribution in [0.3, 0.4) is 0 Å². The van der Waals surface area contributed by atoms with Crippen molar-refractivity contribution in [2.24, 2.45) is 4.99 Å². The molecule has 0 saturated heterocycles. The average molecular weight is 538 g/mol. The average Bonchev–Trinajstić information content (AvgIpc) is 3.37. The van der Waals surface area contributed by atoms with E-state index in [1.165, 1.54) is 28.6 Å². The molecule has 1 aromatic heterocycles. The fraction of sp³-hybridized carbons (Fsp3) is 0.292. The number of nitrogens with zero attached hydrogens (tertiary/aromatic N) is 4. The molecule has 1 unspecified atom stereocenters. The summed E-state index contributed by atoms with van der Waals surface area (Å²) >= 11 is 7.00. The topological polar surface area (TPSA) is 82.8 Å². The first kappa shape index (κ1) is 26.2. The van der Waals surface area contributed by atoms with E-state index in [-0.39, 0.29) is 23.0 Å². The molecule has 1 aliphatic heterocycles. The van der Waals surface area contributed by atoms with Crippen LogP contribution in [0.15, 0.2) is 52.5 Å². The lowest BCUT2D eigenvalue weighted by atomic mass is 10.1. The van der Waals surface area contributed by atoms with Gasteiger partial charge in [0.1, 0.15) is 0 Å². The van der Waals surface area contributed by atoms with Gasteiger partial charge in [0, 0.05) is 30.5 Å². The zero-order chi connectivity index (χ0) is 26.0. The number of likely N-dealkylation sites (N-methyl/N-ethyl adjacent to an activating group) is 2. The summed E-state index contributed by atoms with van der Waals surface area (Å²) < 4.78 is 41.9. The monoisotopic (exact) mass is 537 g/mol. The molecule has 1 atom stereocenters. The van der Waals surface area contributed by atoms with E-state index >= 15 is 0 Å². The number of thioether (sulfide) groups is 1. The predicted molar refractivity (Wildman–Crippen MR) is 136 cm³/mol. The summed E-state index contributed by atoms with van der Waals surface area (Å²) in [5.74, 6) is -0.372. The van der Waals surface area contributed by atoms with Crippen LogP contribution in [0.1, 0.15) is 16.7 Å². The highest BCUT2D eigenvalue weighted by Gasteiger charge is 2.33. The summed E-state index contributed by atoms with van der Waals surface area (Å²) in [6.07, 6.45) is -1.86. The lowest BCUT2D eigenvalue weighted by Gasteiger charge is -2.21. The van der Waals surface area contributed by atoms with Gasteiger partial charge in [0.05, 0.1) is 34.8 Å². The molecule has 0 aliphatic carbocycles. The molecule has 1 amide bonds. The summed E-state index contributed by atoms with van der Waals surface area (Å²) in [5.41, 5.74) is 0.649. The number of hydrogen-bond acceptors (Lipinski definition) is 6. The molecule has 0 spiro atoms. The Morgan fingerprint density at radius 2 is 2.06 bits per heavy atom. The van der Waals surface area contributed by atoms with Gasteiger partial charge in [0.2, 0.25) is 0 Å². The first-order valence-corrected chi connectivity index (χ1v) is 12.1. The van der Waals surface area contributed by atoms with E-state index in [4.69, 9.17) is 11.6 Å². The molecule has 1 aliphatic rings. The number of benzene rings is 2. The van der Waals surface area contributed by atoms with Crippen molar-refractivity contribution < 1.29 is 23.1 Å². The number of aliphatic hydroxyl groups is 1. The third-order valence-electron chi connectivity index (χ3n) is 5.52. The van der Waals surface area contributed by atoms with Crippen LogP contribution in [0.4, 0.5) is 13.2 Å². The van der Waals surface area contributed by atoms with Gasteiger partial charge in [-0.25, -0.2) is 0 Å². The van der Waals surface area contributed by atoms with E-state index in [2.05, 4.69) is 15.4 Å². The highest BCUT2D eigenvalue weighted by atomic mass is 35.5. The lowest BCUT2D eigenvalue weighted by Crippen LogP contribution is -2.37. The first-order valence-electron chi connectivity index (χ1n) is 10.9. The fourth-order valence-corrected chi connectivity index (χ4v) is 4.90. The third-order valence-corrected chi connectivity index (χ3v) is 6.85. The highest BCUT2D eigenvalue weighted by Crippen LogP contribution is 2.35. The van der Waals surface area contributed by atoms with E-state index in [9.17, 15) is 23.1 Å². The van der Waals surface area contributed by atoms with Gasteiger partial charge in [-0.15, -0.1) is 0 Å². The van der Waals surface area contributed by atoms with Crippen LogP contribution < -0.4 is 5.32 Å². The minimum Gasteiger partial charge on any atom is -0.390 e. The molecule has 36 heavy (non-hydrogen) atoms. The van der Waals surface area contributed by atoms with Crippen LogP contribution in [-0.4, -0.2) is 64.2 Å². The summed E-state index contributed by atoms with van der Waals surface area (Å²) in [6.45, 7) is 0.664. The second-order valence-corrected chi connectivity index (χ2v) is 9.77. The lowest BCUT2D eigenvalue weighted by molar-refractivity contribution is -0.138. The second kappa shape index (κ2) is 10.6. The van der Waals surface area contributed by atoms with Gasteiger partial charge in [-0.05, 0) is 60.3 Å². The van der Waals surface area contributed by atoms with Crippen molar-refractivity contribution in [3.63, 3.8) is 0 Å². The number of amides is 1. The largest absolute Gasteiger partial charge is 0.416 e. The van der Waals surface area contributed by atoms with Crippen LogP contribution in [-0.2, 0) is 17.5 Å². The van der Waals surface area contributed by atoms with E-state index < -0.39 is 17.8 Å². The van der Waals surface area contributed by atoms with Crippen molar-refractivity contribution in [2.45, 2.75) is 18.8 Å². The second-order valence-electron chi connectivity index (χ2n) is 8.32. The Morgan fingerprint density at radius 1 is 1.28 bits per heavy atom. The van der Waals surface area contributed by atoms with E-state index in [1.54, 1.807) is 43.4 Å². The van der Waals surface area contributed by atoms with Gasteiger partial charge in [-0.3, -0.25) is 9.48 Å². The zero-order valence-corrected chi connectivity index (χ0v) is 21.0. The van der Waals surface area contributed by atoms with Gasteiger partial charge in [0.25, 0.3) is 5.91 Å². The fourth-order valence-electron chi connectivity index (χ4n) is 3.84. The molecule has 3 aromatic rings. The molecule has 2 N–H and O–H groups in total. The SMILES string of the molecule is CNCC(O)CN(C)C1=NC(=O)/C(=C/c2ccc3c(cnn3Cc3ccc(Cl)cc3C(F)(F)F)c2)S1. The van der Waals surface area contributed by atoms with Crippen LogP contribution >= 0.6 is 23.4 Å². The highest BCUT2D eigenvalue weighted by molar-refractivity contribution is 8.18. The maximum atomic E-state index is 13.5. The Bertz CT molecular complexity index is 1360. The molecule has 0 fully saturated rings. The predicted octanol–water partition coefficient (Wildman–Crippen LogP) is 4.24. The Balaban J connectivity index is 1.52. The number of carbonyl (C=O) groups is 1. The number of rotatable bonds is 7. The molecular formula is C24H23ClF3N5O2S. The van der Waals surface area contributed by atoms with Gasteiger partial charge < -0.3 is 15.3 Å². The molecule has 7 nitrogen and oxygen atoms in total. The summed E-state index contributed by atoms with van der Waals surface area (Å²) in [5, 5.41) is 18.4. The van der Waals surface area contributed by atoms with Crippen molar-refractivity contribution in [1.82, 2.24) is 20.0 Å². The molecular weight excluding hydrogens is 515 g/mol. The van der Waals surface area contributed by atoms with Crippen molar-refractivity contribution in [3.8, 4) is 0 Å². The normalized spacial score (nSPS) is 16.1. The minimum absolute atomic E-state index is 0.0147. The number of fused-ring (bicyclic) bond motifs is 1. The van der Waals surface area contributed by atoms with Crippen molar-refractivity contribution in [3.05, 3.63) is 69.2 Å². The third kappa shape index (κ3) is 5.92. The first-order chi connectivity index (χ1) is 17.0. The maximum absolute atomic E-state index is 13.5. The van der Waals surface area contributed by atoms with E-state index in [1.807, 2.05) is 6.07 Å². The molecule has 2 aromatic carbocycles. The Hall–Kier alpha value is -2.86. The number of aliphatic hydroxyl groups excluding tert-OH is 1. The molecule has 0 bridgehead atoms.